The summed E-state index contributed by atoms with van der Waals surface area (Å²) in [5.74, 6) is 0. The normalized spacial score (nSPS) is 21.5. The van der Waals surface area contributed by atoms with Crippen LogP contribution < -0.4 is 0 Å². The summed E-state index contributed by atoms with van der Waals surface area (Å²) in [6.07, 6.45) is 1.85. The third kappa shape index (κ3) is 2.79. The predicted octanol–water partition coefficient (Wildman–Crippen LogP) is 1.75. The second-order valence-corrected chi connectivity index (χ2v) is 6.03. The first kappa shape index (κ1) is 13.2. The van der Waals surface area contributed by atoms with E-state index in [2.05, 4.69) is 39.0 Å². The number of pyridine rings is 1. The molecule has 0 amide bonds. The average Bonchev–Trinajstić information content (AvgIpc) is 2.47. The molecule has 3 heterocycles. The maximum Gasteiger partial charge on any atom is 0.0702 e. The zero-order valence-electron chi connectivity index (χ0n) is 12.2. The fraction of sp³-hybridized carbons (Fsp3) is 0.471. The van der Waals surface area contributed by atoms with Crippen LogP contribution in [0.2, 0.25) is 0 Å². The first-order chi connectivity index (χ1) is 10.4. The Bertz CT molecular complexity index is 618. The largest absolute Gasteiger partial charge is 0.378 e. The summed E-state index contributed by atoms with van der Waals surface area (Å²) in [4.78, 5) is 9.51. The van der Waals surface area contributed by atoms with Gasteiger partial charge in [-0.3, -0.25) is 14.8 Å². The van der Waals surface area contributed by atoms with Gasteiger partial charge in [0.2, 0.25) is 0 Å². The third-order valence-electron chi connectivity index (χ3n) is 4.62. The van der Waals surface area contributed by atoms with Crippen molar-refractivity contribution in [3.8, 4) is 0 Å². The van der Waals surface area contributed by atoms with E-state index in [0.29, 0.717) is 6.04 Å². The number of rotatable bonds is 3. The topological polar surface area (TPSA) is 28.6 Å². The van der Waals surface area contributed by atoms with Crippen molar-refractivity contribution in [2.45, 2.75) is 12.6 Å². The Kier molecular flexibility index (Phi) is 3.59. The van der Waals surface area contributed by atoms with Gasteiger partial charge in [0.15, 0.2) is 0 Å². The first-order valence-electron chi connectivity index (χ1n) is 7.76. The number of nitrogens with zero attached hydrogens (tertiary/aromatic N) is 3. The predicted molar refractivity (Wildman–Crippen MR) is 83.2 cm³/mol. The minimum atomic E-state index is 0.680. The molecular formula is C17H21N3O. The van der Waals surface area contributed by atoms with Crippen molar-refractivity contribution in [1.82, 2.24) is 14.8 Å². The van der Waals surface area contributed by atoms with Gasteiger partial charge in [0, 0.05) is 44.3 Å². The Balaban J connectivity index is 1.39. The molecule has 4 rings (SSSR count). The van der Waals surface area contributed by atoms with Crippen LogP contribution in [-0.2, 0) is 11.3 Å². The number of ether oxygens (including phenoxy) is 1. The number of hydrogen-bond donors (Lipinski definition) is 0. The molecule has 0 atom stereocenters. The van der Waals surface area contributed by atoms with E-state index < -0.39 is 0 Å². The summed E-state index contributed by atoms with van der Waals surface area (Å²) in [7, 11) is 0. The number of aromatic nitrogens is 1. The first-order valence-corrected chi connectivity index (χ1v) is 7.76. The van der Waals surface area contributed by atoms with Crippen molar-refractivity contribution < 1.29 is 4.74 Å². The van der Waals surface area contributed by atoms with Gasteiger partial charge < -0.3 is 4.74 Å². The smallest absolute Gasteiger partial charge is 0.0702 e. The van der Waals surface area contributed by atoms with Gasteiger partial charge in [-0.2, -0.15) is 0 Å². The summed E-state index contributed by atoms with van der Waals surface area (Å²) in [6.45, 7) is 7.55. The summed E-state index contributed by atoms with van der Waals surface area (Å²) >= 11 is 0. The molecule has 2 aromatic rings. The van der Waals surface area contributed by atoms with Crippen LogP contribution in [0.4, 0.5) is 0 Å². The molecule has 4 nitrogen and oxygen atoms in total. The van der Waals surface area contributed by atoms with E-state index in [1.807, 2.05) is 12.3 Å². The van der Waals surface area contributed by atoms with Crippen molar-refractivity contribution in [1.29, 1.82) is 0 Å². The average molecular weight is 283 g/mol. The van der Waals surface area contributed by atoms with Gasteiger partial charge in [0.25, 0.3) is 0 Å². The number of benzene rings is 1. The zero-order valence-corrected chi connectivity index (χ0v) is 12.2. The molecule has 2 fully saturated rings. The molecule has 2 saturated heterocycles. The maximum atomic E-state index is 5.29. The molecule has 1 aromatic heterocycles. The Morgan fingerprint density at radius 1 is 1.10 bits per heavy atom. The summed E-state index contributed by atoms with van der Waals surface area (Å²) < 4.78 is 5.29. The van der Waals surface area contributed by atoms with Gasteiger partial charge in [-0.05, 0) is 23.8 Å². The summed E-state index contributed by atoms with van der Waals surface area (Å²) in [6, 6.07) is 11.4. The Labute approximate surface area is 125 Å². The Morgan fingerprint density at radius 3 is 2.71 bits per heavy atom. The lowest BCUT2D eigenvalue weighted by molar-refractivity contribution is -0.0774. The van der Waals surface area contributed by atoms with Crippen LogP contribution in [0.1, 0.15) is 5.56 Å². The molecule has 2 aliphatic heterocycles. The van der Waals surface area contributed by atoms with Gasteiger partial charge in [-0.1, -0.05) is 12.1 Å². The minimum Gasteiger partial charge on any atom is -0.378 e. The van der Waals surface area contributed by atoms with Crippen molar-refractivity contribution >= 4 is 10.9 Å². The van der Waals surface area contributed by atoms with Crippen molar-refractivity contribution in [2.24, 2.45) is 0 Å². The molecule has 0 N–H and O–H groups in total. The lowest BCUT2D eigenvalue weighted by Gasteiger charge is -2.42. The lowest BCUT2D eigenvalue weighted by atomic mass is 10.1. The Hall–Kier alpha value is -1.49. The molecule has 0 radical (unpaired) electrons. The van der Waals surface area contributed by atoms with E-state index in [-0.39, 0.29) is 0 Å². The van der Waals surface area contributed by atoms with Crippen LogP contribution in [-0.4, -0.2) is 60.2 Å². The van der Waals surface area contributed by atoms with E-state index >= 15 is 0 Å². The molecule has 0 spiro atoms. The molecule has 21 heavy (non-hydrogen) atoms. The highest BCUT2D eigenvalue weighted by molar-refractivity contribution is 5.78. The van der Waals surface area contributed by atoms with Crippen LogP contribution in [0.25, 0.3) is 10.9 Å². The highest BCUT2D eigenvalue weighted by atomic mass is 16.5. The van der Waals surface area contributed by atoms with E-state index in [1.54, 1.807) is 0 Å². The molecule has 0 unspecified atom stereocenters. The third-order valence-corrected chi connectivity index (χ3v) is 4.62. The van der Waals surface area contributed by atoms with Crippen LogP contribution >= 0.6 is 0 Å². The molecule has 1 aromatic carbocycles. The fourth-order valence-corrected chi connectivity index (χ4v) is 3.20. The highest BCUT2D eigenvalue weighted by Crippen LogP contribution is 2.17. The van der Waals surface area contributed by atoms with E-state index in [1.165, 1.54) is 24.0 Å². The molecule has 110 valence electrons. The molecule has 0 bridgehead atoms. The second-order valence-electron chi connectivity index (χ2n) is 6.03. The van der Waals surface area contributed by atoms with Gasteiger partial charge in [0.05, 0.1) is 24.8 Å². The quantitative estimate of drug-likeness (QED) is 0.858. The van der Waals surface area contributed by atoms with Crippen LogP contribution in [0.5, 0.6) is 0 Å². The number of hydrogen-bond acceptors (Lipinski definition) is 4. The van der Waals surface area contributed by atoms with E-state index in [9.17, 15) is 0 Å². The second kappa shape index (κ2) is 5.72. The van der Waals surface area contributed by atoms with Crippen LogP contribution in [0.3, 0.4) is 0 Å². The van der Waals surface area contributed by atoms with Gasteiger partial charge in [-0.15, -0.1) is 0 Å². The zero-order chi connectivity index (χ0) is 14.1. The molecule has 2 aliphatic rings. The van der Waals surface area contributed by atoms with Crippen molar-refractivity contribution in [3.63, 3.8) is 0 Å². The van der Waals surface area contributed by atoms with E-state index in [0.717, 1.165) is 38.4 Å². The lowest BCUT2D eigenvalue weighted by Crippen LogP contribution is -2.56. The summed E-state index contributed by atoms with van der Waals surface area (Å²) in [5.41, 5.74) is 2.46. The van der Waals surface area contributed by atoms with Crippen LogP contribution in [0.15, 0.2) is 36.5 Å². The SMILES string of the molecule is c1cnc2ccc(CN3CCN(C4COC4)CC3)cc2c1. The van der Waals surface area contributed by atoms with Crippen LogP contribution in [0, 0.1) is 0 Å². The standard InChI is InChI=1S/C17H21N3O/c1-2-15-10-14(3-4-17(15)18-5-1)11-19-6-8-20(9-7-19)16-12-21-13-16/h1-5,10,16H,6-9,11-13H2. The van der Waals surface area contributed by atoms with E-state index in [4.69, 9.17) is 4.74 Å². The summed E-state index contributed by atoms with van der Waals surface area (Å²) in [5, 5.41) is 1.24. The fourth-order valence-electron chi connectivity index (χ4n) is 3.20. The van der Waals surface area contributed by atoms with Gasteiger partial charge in [-0.25, -0.2) is 0 Å². The number of piperazine rings is 1. The Morgan fingerprint density at radius 2 is 1.95 bits per heavy atom. The van der Waals surface area contributed by atoms with Gasteiger partial charge >= 0.3 is 0 Å². The minimum absolute atomic E-state index is 0.680. The monoisotopic (exact) mass is 283 g/mol. The molecular weight excluding hydrogens is 262 g/mol. The highest BCUT2D eigenvalue weighted by Gasteiger charge is 2.28. The number of fused-ring (bicyclic) bond motifs is 1. The van der Waals surface area contributed by atoms with Crippen molar-refractivity contribution in [2.75, 3.05) is 39.4 Å². The van der Waals surface area contributed by atoms with Crippen molar-refractivity contribution in [3.05, 3.63) is 42.1 Å². The maximum absolute atomic E-state index is 5.29. The van der Waals surface area contributed by atoms with Gasteiger partial charge in [0.1, 0.15) is 0 Å². The molecule has 0 aliphatic carbocycles. The molecule has 4 heteroatoms. The molecule has 0 saturated carbocycles.